The smallest absolute Gasteiger partial charge is 0.387 e. The number of halogens is 2. The van der Waals surface area contributed by atoms with Crippen molar-refractivity contribution in [3.63, 3.8) is 0 Å². The number of carbonyl (C=O) groups is 1. The molecule has 0 amide bonds. The van der Waals surface area contributed by atoms with E-state index in [-0.39, 0.29) is 23.6 Å². The van der Waals surface area contributed by atoms with Crippen LogP contribution in [0, 0.1) is 18.8 Å². The number of aromatic nitrogens is 4. The molecular weight excluding hydrogens is 492 g/mol. The van der Waals surface area contributed by atoms with Crippen LogP contribution in [0.5, 0.6) is 5.75 Å². The first-order valence-electron chi connectivity index (χ1n) is 12.5. The summed E-state index contributed by atoms with van der Waals surface area (Å²) >= 11 is 0. The molecule has 38 heavy (non-hydrogen) atoms. The molecule has 0 radical (unpaired) electrons. The van der Waals surface area contributed by atoms with Gasteiger partial charge in [-0.2, -0.15) is 8.78 Å². The van der Waals surface area contributed by atoms with Crippen molar-refractivity contribution >= 4 is 17.6 Å². The number of benzene rings is 1. The summed E-state index contributed by atoms with van der Waals surface area (Å²) in [4.78, 5) is 27.9. The Hall–Kier alpha value is -4.08. The van der Waals surface area contributed by atoms with E-state index in [1.54, 1.807) is 36.7 Å². The summed E-state index contributed by atoms with van der Waals surface area (Å²) in [5, 5.41) is 0. The van der Waals surface area contributed by atoms with E-state index in [1.807, 2.05) is 36.6 Å². The van der Waals surface area contributed by atoms with Crippen LogP contribution < -0.4 is 9.64 Å². The van der Waals surface area contributed by atoms with Gasteiger partial charge in [0, 0.05) is 60.5 Å². The van der Waals surface area contributed by atoms with E-state index < -0.39 is 6.61 Å². The number of aryl methyl sites for hydroxylation is 1. The zero-order valence-corrected chi connectivity index (χ0v) is 21.5. The number of hydrogen-bond acceptors (Lipinski definition) is 7. The molecule has 1 aromatic carbocycles. The molecule has 0 aliphatic carbocycles. The molecule has 10 heteroatoms. The van der Waals surface area contributed by atoms with Gasteiger partial charge in [0.1, 0.15) is 11.4 Å². The van der Waals surface area contributed by atoms with Crippen molar-refractivity contribution in [2.75, 3.05) is 25.1 Å². The van der Waals surface area contributed by atoms with Crippen molar-refractivity contribution in [3.8, 4) is 16.9 Å². The minimum Gasteiger partial charge on any atom is -0.469 e. The summed E-state index contributed by atoms with van der Waals surface area (Å²) in [5.41, 5.74) is 4.84. The molecule has 0 N–H and O–H groups in total. The number of carbonyl (C=O) groups excluding carboxylic acids is 1. The van der Waals surface area contributed by atoms with Crippen LogP contribution in [0.1, 0.15) is 30.3 Å². The van der Waals surface area contributed by atoms with Gasteiger partial charge in [0.25, 0.3) is 0 Å². The largest absolute Gasteiger partial charge is 0.469 e. The van der Waals surface area contributed by atoms with Gasteiger partial charge in [-0.3, -0.25) is 4.79 Å². The van der Waals surface area contributed by atoms with Gasteiger partial charge in [0.15, 0.2) is 0 Å². The maximum absolute atomic E-state index is 12.9. The Morgan fingerprint density at radius 2 is 1.89 bits per heavy atom. The van der Waals surface area contributed by atoms with E-state index in [9.17, 15) is 13.6 Å². The molecule has 0 bridgehead atoms. The molecule has 0 spiro atoms. The van der Waals surface area contributed by atoms with Gasteiger partial charge in [0.05, 0.1) is 18.7 Å². The molecule has 8 nitrogen and oxygen atoms in total. The fourth-order valence-electron chi connectivity index (χ4n) is 5.10. The van der Waals surface area contributed by atoms with Crippen molar-refractivity contribution in [1.82, 2.24) is 19.4 Å². The number of fused-ring (bicyclic) bond motifs is 1. The number of anilines is 1. The third-order valence-electron chi connectivity index (χ3n) is 7.13. The van der Waals surface area contributed by atoms with Crippen LogP contribution >= 0.6 is 0 Å². The number of alkyl halides is 2. The molecule has 1 aliphatic rings. The highest BCUT2D eigenvalue weighted by Gasteiger charge is 2.32. The monoisotopic (exact) mass is 521 g/mol. The second kappa shape index (κ2) is 10.7. The second-order valence-electron chi connectivity index (χ2n) is 9.57. The predicted octanol–water partition coefficient (Wildman–Crippen LogP) is 4.93. The summed E-state index contributed by atoms with van der Waals surface area (Å²) in [6.07, 6.45) is 6.62. The zero-order valence-electron chi connectivity index (χ0n) is 21.5. The molecule has 4 aromatic rings. The van der Waals surface area contributed by atoms with Gasteiger partial charge in [-0.25, -0.2) is 15.0 Å². The summed E-state index contributed by atoms with van der Waals surface area (Å²) in [5.74, 6) is 0.648. The number of rotatable bonds is 7. The van der Waals surface area contributed by atoms with Crippen LogP contribution in [-0.2, 0) is 16.0 Å². The number of ether oxygens (including phenoxy) is 2. The van der Waals surface area contributed by atoms with E-state index >= 15 is 0 Å². The van der Waals surface area contributed by atoms with Crippen LogP contribution in [0.3, 0.4) is 0 Å². The van der Waals surface area contributed by atoms with Crippen LogP contribution in [0.2, 0.25) is 0 Å². The quantitative estimate of drug-likeness (QED) is 0.319. The number of piperidine rings is 1. The lowest BCUT2D eigenvalue weighted by molar-refractivity contribution is -0.147. The van der Waals surface area contributed by atoms with Crippen molar-refractivity contribution in [2.45, 2.75) is 33.3 Å². The van der Waals surface area contributed by atoms with Gasteiger partial charge in [0.2, 0.25) is 5.95 Å². The summed E-state index contributed by atoms with van der Waals surface area (Å²) in [6, 6.07) is 10.7. The zero-order chi connectivity index (χ0) is 26.8. The molecule has 3 aromatic heterocycles. The number of esters is 1. The molecule has 0 unspecified atom stereocenters. The fourth-order valence-corrected chi connectivity index (χ4v) is 5.10. The average Bonchev–Trinajstić information content (AvgIpc) is 3.23. The predicted molar refractivity (Wildman–Crippen MR) is 138 cm³/mol. The first kappa shape index (κ1) is 25.6. The van der Waals surface area contributed by atoms with Gasteiger partial charge < -0.3 is 18.8 Å². The topological polar surface area (TPSA) is 81.8 Å². The standard InChI is InChI=1S/C28H29F2N5O3/c1-17-15-34(11-10-22(17)26(36)37-3)28-31-13-21(14-32-28)20-8-9-25-33-18(2)23(35(25)16-20)12-19-6-4-5-7-24(19)38-27(29)30/h4-9,13-14,16-17,22,27H,10-12,15H2,1-3H3/t17-,22+/m1/s1. The molecule has 5 rings (SSSR count). The second-order valence-corrected chi connectivity index (χ2v) is 9.57. The first-order chi connectivity index (χ1) is 18.3. The van der Waals surface area contributed by atoms with Crippen LogP contribution in [0.25, 0.3) is 16.8 Å². The maximum Gasteiger partial charge on any atom is 0.387 e. The minimum absolute atomic E-state index is 0.107. The molecule has 2 atom stereocenters. The Kier molecular flexibility index (Phi) is 7.22. The molecule has 4 heterocycles. The number of pyridine rings is 1. The van der Waals surface area contributed by atoms with Crippen molar-refractivity contribution in [3.05, 3.63) is 71.9 Å². The molecular formula is C28H29F2N5O3. The van der Waals surface area contributed by atoms with E-state index in [0.717, 1.165) is 28.2 Å². The third kappa shape index (κ3) is 5.16. The highest BCUT2D eigenvalue weighted by Crippen LogP contribution is 2.29. The van der Waals surface area contributed by atoms with E-state index in [0.29, 0.717) is 37.4 Å². The molecule has 0 saturated carbocycles. The lowest BCUT2D eigenvalue weighted by Crippen LogP contribution is -2.43. The Bertz CT molecular complexity index is 1440. The average molecular weight is 522 g/mol. The maximum atomic E-state index is 12.9. The number of methoxy groups -OCH3 is 1. The Labute approximate surface area is 219 Å². The lowest BCUT2D eigenvalue weighted by atomic mass is 9.87. The highest BCUT2D eigenvalue weighted by molar-refractivity contribution is 5.73. The van der Waals surface area contributed by atoms with Gasteiger partial charge in [-0.05, 0) is 37.5 Å². The van der Waals surface area contributed by atoms with Crippen molar-refractivity contribution in [1.29, 1.82) is 0 Å². The molecule has 1 fully saturated rings. The molecule has 1 aliphatic heterocycles. The molecule has 198 valence electrons. The van der Waals surface area contributed by atoms with Crippen molar-refractivity contribution in [2.24, 2.45) is 11.8 Å². The fraction of sp³-hybridized carbons (Fsp3) is 0.357. The SMILES string of the molecule is COC(=O)[C@H]1CCN(c2ncc(-c3ccc4nc(C)c(Cc5ccccc5OC(F)F)n4c3)cn2)C[C@H]1C. The van der Waals surface area contributed by atoms with Gasteiger partial charge in [-0.15, -0.1) is 0 Å². The minimum atomic E-state index is -2.89. The molecule has 1 saturated heterocycles. The number of para-hydroxylation sites is 1. The van der Waals surface area contributed by atoms with E-state index in [1.165, 1.54) is 7.11 Å². The number of nitrogens with zero attached hydrogens (tertiary/aromatic N) is 5. The Balaban J connectivity index is 1.38. The lowest BCUT2D eigenvalue weighted by Gasteiger charge is -2.35. The third-order valence-corrected chi connectivity index (χ3v) is 7.13. The normalized spacial score (nSPS) is 17.7. The summed E-state index contributed by atoms with van der Waals surface area (Å²) in [6.45, 7) is 2.42. The summed E-state index contributed by atoms with van der Waals surface area (Å²) < 4.78 is 37.4. The van der Waals surface area contributed by atoms with Gasteiger partial charge >= 0.3 is 12.6 Å². The van der Waals surface area contributed by atoms with Gasteiger partial charge in [-0.1, -0.05) is 25.1 Å². The Morgan fingerprint density at radius 3 is 2.61 bits per heavy atom. The van der Waals surface area contributed by atoms with Crippen LogP contribution in [0.15, 0.2) is 55.0 Å². The Morgan fingerprint density at radius 1 is 1.13 bits per heavy atom. The van der Waals surface area contributed by atoms with Crippen LogP contribution in [-0.4, -0.2) is 52.1 Å². The van der Waals surface area contributed by atoms with E-state index in [2.05, 4.69) is 19.9 Å². The van der Waals surface area contributed by atoms with E-state index in [4.69, 9.17) is 9.47 Å². The van der Waals surface area contributed by atoms with Crippen LogP contribution in [0.4, 0.5) is 14.7 Å². The number of imidazole rings is 1. The first-order valence-corrected chi connectivity index (χ1v) is 12.5. The number of hydrogen-bond donors (Lipinski definition) is 0. The summed E-state index contributed by atoms with van der Waals surface area (Å²) in [7, 11) is 1.43. The van der Waals surface area contributed by atoms with Crippen molar-refractivity contribution < 1.29 is 23.0 Å². The highest BCUT2D eigenvalue weighted by atomic mass is 19.3.